The van der Waals surface area contributed by atoms with Gasteiger partial charge in [-0.25, -0.2) is 0 Å². The molecule has 0 spiro atoms. The minimum atomic E-state index is -4.73. The molecule has 7 heteroatoms. The number of hydrogen-bond acceptors (Lipinski definition) is 3. The SMILES string of the molecule is CN1C=CN(CC(=O)C(F)(F)F)C1.I. The summed E-state index contributed by atoms with van der Waals surface area (Å²) >= 11 is 0. The van der Waals surface area contributed by atoms with E-state index >= 15 is 0 Å². The van der Waals surface area contributed by atoms with Crippen molar-refractivity contribution >= 4 is 29.8 Å². The fourth-order valence-electron chi connectivity index (χ4n) is 0.966. The number of ketones is 1. The number of carbonyl (C=O) groups excluding carboxylic acids is 1. The summed E-state index contributed by atoms with van der Waals surface area (Å²) in [6.45, 7) is -0.286. The molecular formula is C7H10F3IN2O. The Morgan fingerprint density at radius 3 is 2.36 bits per heavy atom. The Morgan fingerprint density at radius 1 is 1.43 bits per heavy atom. The zero-order chi connectivity index (χ0) is 10.1. The molecule has 1 rings (SSSR count). The third-order valence-corrected chi connectivity index (χ3v) is 1.60. The summed E-state index contributed by atoms with van der Waals surface area (Å²) in [4.78, 5) is 13.5. The molecule has 0 N–H and O–H groups in total. The van der Waals surface area contributed by atoms with Crippen molar-refractivity contribution in [2.75, 3.05) is 20.3 Å². The van der Waals surface area contributed by atoms with Crippen LogP contribution in [0, 0.1) is 0 Å². The Kier molecular flexibility index (Phi) is 4.69. The number of carbonyl (C=O) groups is 1. The van der Waals surface area contributed by atoms with Gasteiger partial charge in [-0.2, -0.15) is 13.2 Å². The van der Waals surface area contributed by atoms with Crippen LogP contribution in [-0.2, 0) is 4.79 Å². The summed E-state index contributed by atoms with van der Waals surface area (Å²) in [5.41, 5.74) is 0. The lowest BCUT2D eigenvalue weighted by Crippen LogP contribution is -2.35. The van der Waals surface area contributed by atoms with Crippen molar-refractivity contribution in [2.24, 2.45) is 0 Å². The Bertz CT molecular complexity index is 242. The maximum atomic E-state index is 11.8. The molecule has 1 aliphatic heterocycles. The average molecular weight is 322 g/mol. The van der Waals surface area contributed by atoms with Gasteiger partial charge in [-0.05, 0) is 0 Å². The molecule has 0 saturated carbocycles. The molecule has 0 unspecified atom stereocenters. The zero-order valence-electron chi connectivity index (χ0n) is 7.41. The number of nitrogens with zero attached hydrogens (tertiary/aromatic N) is 2. The highest BCUT2D eigenvalue weighted by molar-refractivity contribution is 14.0. The van der Waals surface area contributed by atoms with Gasteiger partial charge in [-0.1, -0.05) is 0 Å². The first-order valence-electron chi connectivity index (χ1n) is 3.62. The highest BCUT2D eigenvalue weighted by Crippen LogP contribution is 2.17. The van der Waals surface area contributed by atoms with Gasteiger partial charge in [0, 0.05) is 19.4 Å². The minimum Gasteiger partial charge on any atom is -0.362 e. The van der Waals surface area contributed by atoms with E-state index in [0.717, 1.165) is 0 Å². The van der Waals surface area contributed by atoms with Crippen molar-refractivity contribution in [1.82, 2.24) is 9.80 Å². The van der Waals surface area contributed by atoms with Gasteiger partial charge in [0.1, 0.15) is 0 Å². The minimum absolute atomic E-state index is 0. The number of rotatable bonds is 2. The van der Waals surface area contributed by atoms with E-state index in [4.69, 9.17) is 0 Å². The monoisotopic (exact) mass is 322 g/mol. The molecule has 14 heavy (non-hydrogen) atoms. The van der Waals surface area contributed by atoms with E-state index in [2.05, 4.69) is 0 Å². The topological polar surface area (TPSA) is 23.6 Å². The maximum absolute atomic E-state index is 11.8. The van der Waals surface area contributed by atoms with Crippen molar-refractivity contribution in [3.8, 4) is 0 Å². The van der Waals surface area contributed by atoms with Crippen LogP contribution in [0.15, 0.2) is 12.4 Å². The fourth-order valence-corrected chi connectivity index (χ4v) is 0.966. The van der Waals surface area contributed by atoms with Crippen molar-refractivity contribution in [1.29, 1.82) is 0 Å². The second-order valence-electron chi connectivity index (χ2n) is 2.86. The molecule has 1 heterocycles. The second-order valence-corrected chi connectivity index (χ2v) is 2.86. The highest BCUT2D eigenvalue weighted by Gasteiger charge is 2.38. The Hall–Kier alpha value is -0.470. The lowest BCUT2D eigenvalue weighted by atomic mass is 10.3. The molecule has 0 bridgehead atoms. The van der Waals surface area contributed by atoms with E-state index in [9.17, 15) is 18.0 Å². The van der Waals surface area contributed by atoms with Gasteiger partial charge in [0.2, 0.25) is 0 Å². The largest absolute Gasteiger partial charge is 0.451 e. The van der Waals surface area contributed by atoms with Crippen LogP contribution in [0.1, 0.15) is 0 Å². The Labute approximate surface area is 96.6 Å². The number of alkyl halides is 3. The van der Waals surface area contributed by atoms with Crippen LogP contribution < -0.4 is 0 Å². The predicted octanol–water partition coefficient (Wildman–Crippen LogP) is 1.41. The smallest absolute Gasteiger partial charge is 0.362 e. The van der Waals surface area contributed by atoms with Crippen LogP contribution in [-0.4, -0.2) is 42.0 Å². The lowest BCUT2D eigenvalue weighted by Gasteiger charge is -2.17. The van der Waals surface area contributed by atoms with Crippen molar-refractivity contribution in [3.05, 3.63) is 12.4 Å². The Morgan fingerprint density at radius 2 is 2.00 bits per heavy atom. The van der Waals surface area contributed by atoms with E-state index in [-0.39, 0.29) is 24.0 Å². The molecular weight excluding hydrogens is 312 g/mol. The van der Waals surface area contributed by atoms with Crippen molar-refractivity contribution < 1.29 is 18.0 Å². The first kappa shape index (κ1) is 13.5. The first-order chi connectivity index (χ1) is 5.89. The van der Waals surface area contributed by atoms with Gasteiger partial charge in [0.15, 0.2) is 0 Å². The van der Waals surface area contributed by atoms with Gasteiger partial charge in [0.05, 0.1) is 13.2 Å². The third kappa shape index (κ3) is 3.72. The number of hydrogen-bond donors (Lipinski definition) is 0. The van der Waals surface area contributed by atoms with Gasteiger partial charge in [-0.15, -0.1) is 24.0 Å². The summed E-state index contributed by atoms with van der Waals surface area (Å²) in [7, 11) is 1.72. The van der Waals surface area contributed by atoms with E-state index in [1.807, 2.05) is 0 Å². The molecule has 0 aromatic heterocycles. The Balaban J connectivity index is 0.00000169. The van der Waals surface area contributed by atoms with Crippen LogP contribution in [0.4, 0.5) is 13.2 Å². The second kappa shape index (κ2) is 4.85. The van der Waals surface area contributed by atoms with Crippen molar-refractivity contribution in [2.45, 2.75) is 6.18 Å². The molecule has 0 saturated heterocycles. The molecule has 0 fully saturated rings. The lowest BCUT2D eigenvalue weighted by molar-refractivity contribution is -0.171. The summed E-state index contributed by atoms with van der Waals surface area (Å²) in [5, 5.41) is 0. The summed E-state index contributed by atoms with van der Waals surface area (Å²) in [6.07, 6.45) is -1.65. The van der Waals surface area contributed by atoms with Crippen LogP contribution >= 0.6 is 24.0 Å². The highest BCUT2D eigenvalue weighted by atomic mass is 127. The van der Waals surface area contributed by atoms with Gasteiger partial charge < -0.3 is 9.80 Å². The third-order valence-electron chi connectivity index (χ3n) is 1.60. The fraction of sp³-hybridized carbons (Fsp3) is 0.571. The molecule has 0 aliphatic carbocycles. The molecule has 0 atom stereocenters. The number of Topliss-reactive ketones (excluding diaryl/α,β-unsaturated/α-hetero) is 1. The van der Waals surface area contributed by atoms with Crippen LogP contribution in [0.5, 0.6) is 0 Å². The van der Waals surface area contributed by atoms with Crippen LogP contribution in [0.25, 0.3) is 0 Å². The summed E-state index contributed by atoms with van der Waals surface area (Å²) in [5.74, 6) is -1.72. The van der Waals surface area contributed by atoms with E-state index in [1.165, 1.54) is 11.1 Å². The molecule has 1 aliphatic rings. The number of halogens is 4. The molecule has 0 radical (unpaired) electrons. The van der Waals surface area contributed by atoms with Gasteiger partial charge in [0.25, 0.3) is 5.78 Å². The first-order valence-corrected chi connectivity index (χ1v) is 3.62. The summed E-state index contributed by atoms with van der Waals surface area (Å²) < 4.78 is 35.4. The van der Waals surface area contributed by atoms with E-state index in [1.54, 1.807) is 18.1 Å². The molecule has 0 aromatic carbocycles. The average Bonchev–Trinajstić information content (AvgIpc) is 2.33. The molecule has 0 aromatic rings. The zero-order valence-corrected chi connectivity index (χ0v) is 9.74. The van der Waals surface area contributed by atoms with Gasteiger partial charge >= 0.3 is 6.18 Å². The van der Waals surface area contributed by atoms with Crippen LogP contribution in [0.2, 0.25) is 0 Å². The van der Waals surface area contributed by atoms with Gasteiger partial charge in [-0.3, -0.25) is 4.79 Å². The standard InChI is InChI=1S/C7H9F3N2O.HI/c1-11-2-3-12(5-11)4-6(13)7(8,9)10;/h2-3H,4-5H2,1H3;1H. The van der Waals surface area contributed by atoms with E-state index < -0.39 is 18.5 Å². The molecule has 3 nitrogen and oxygen atoms in total. The quantitative estimate of drug-likeness (QED) is 0.719. The summed E-state index contributed by atoms with van der Waals surface area (Å²) in [6, 6.07) is 0. The molecule has 82 valence electrons. The molecule has 0 amide bonds. The van der Waals surface area contributed by atoms with Crippen LogP contribution in [0.3, 0.4) is 0 Å². The van der Waals surface area contributed by atoms with Crippen molar-refractivity contribution in [3.63, 3.8) is 0 Å². The maximum Gasteiger partial charge on any atom is 0.451 e. The normalized spacial score (nSPS) is 15.7. The predicted molar refractivity (Wildman–Crippen MR) is 55.0 cm³/mol. The van der Waals surface area contributed by atoms with E-state index in [0.29, 0.717) is 6.67 Å².